The summed E-state index contributed by atoms with van der Waals surface area (Å²) in [5, 5.41) is 14.8. The predicted octanol–water partition coefficient (Wildman–Crippen LogP) is 3.04. The van der Waals surface area contributed by atoms with Gasteiger partial charge < -0.3 is 20.1 Å². The fourth-order valence-electron chi connectivity index (χ4n) is 2.59. The fraction of sp³-hybridized carbons (Fsp3) is 0.143. The number of methoxy groups -OCH3 is 2. The van der Waals surface area contributed by atoms with E-state index in [2.05, 4.69) is 26.7 Å². The highest BCUT2D eigenvalue weighted by Gasteiger charge is 2.10. The number of carbonyl (C=O) groups excluding carboxylic acids is 1. The molecular weight excluding hydrogens is 370 g/mol. The number of ether oxygens (including phenoxy) is 2. The quantitative estimate of drug-likeness (QED) is 0.639. The Morgan fingerprint density at radius 1 is 1.03 bits per heavy atom. The summed E-state index contributed by atoms with van der Waals surface area (Å²) in [4.78, 5) is 20.6. The second-order valence-corrected chi connectivity index (χ2v) is 5.97. The van der Waals surface area contributed by atoms with E-state index in [-0.39, 0.29) is 11.6 Å². The van der Waals surface area contributed by atoms with Crippen LogP contribution in [0.4, 0.5) is 11.5 Å². The van der Waals surface area contributed by atoms with E-state index in [4.69, 9.17) is 14.7 Å². The van der Waals surface area contributed by atoms with Gasteiger partial charge in [0.15, 0.2) is 11.5 Å². The van der Waals surface area contributed by atoms with Gasteiger partial charge in [-0.15, -0.1) is 0 Å². The molecule has 3 rings (SSSR count). The number of nitrogens with one attached hydrogen (secondary N) is 2. The van der Waals surface area contributed by atoms with E-state index in [1.54, 1.807) is 56.7 Å². The number of nitriles is 1. The SMILES string of the molecule is COc1ccc(CNC(=O)c2cc(Nc3ccc(C#N)cc3)ncn2)cc1OC. The maximum atomic E-state index is 12.5. The monoisotopic (exact) mass is 389 g/mol. The third-order valence-corrected chi connectivity index (χ3v) is 4.09. The minimum Gasteiger partial charge on any atom is -0.493 e. The van der Waals surface area contributed by atoms with Crippen LogP contribution in [0, 0.1) is 11.3 Å². The molecule has 0 aliphatic rings. The van der Waals surface area contributed by atoms with Crippen LogP contribution in [-0.2, 0) is 6.54 Å². The molecule has 0 spiro atoms. The van der Waals surface area contributed by atoms with Crippen molar-refractivity contribution in [2.75, 3.05) is 19.5 Å². The van der Waals surface area contributed by atoms with E-state index in [0.717, 1.165) is 11.3 Å². The lowest BCUT2D eigenvalue weighted by molar-refractivity contribution is 0.0945. The van der Waals surface area contributed by atoms with Crippen molar-refractivity contribution in [3.63, 3.8) is 0 Å². The van der Waals surface area contributed by atoms with Crippen LogP contribution >= 0.6 is 0 Å². The Labute approximate surface area is 168 Å². The molecule has 2 N–H and O–H groups in total. The fourth-order valence-corrected chi connectivity index (χ4v) is 2.59. The van der Waals surface area contributed by atoms with Crippen molar-refractivity contribution in [1.82, 2.24) is 15.3 Å². The molecule has 8 nitrogen and oxygen atoms in total. The number of amides is 1. The third kappa shape index (κ3) is 4.99. The Morgan fingerprint density at radius 2 is 1.79 bits per heavy atom. The predicted molar refractivity (Wildman–Crippen MR) is 107 cm³/mol. The topological polar surface area (TPSA) is 109 Å². The number of carbonyl (C=O) groups is 1. The summed E-state index contributed by atoms with van der Waals surface area (Å²) in [6.07, 6.45) is 1.32. The van der Waals surface area contributed by atoms with Crippen molar-refractivity contribution in [2.24, 2.45) is 0 Å². The lowest BCUT2D eigenvalue weighted by Gasteiger charge is -2.10. The van der Waals surface area contributed by atoms with Crippen molar-refractivity contribution in [1.29, 1.82) is 5.26 Å². The zero-order valence-corrected chi connectivity index (χ0v) is 16.0. The van der Waals surface area contributed by atoms with Gasteiger partial charge in [0.1, 0.15) is 17.8 Å². The molecule has 0 radical (unpaired) electrons. The number of aromatic nitrogens is 2. The summed E-state index contributed by atoms with van der Waals surface area (Å²) < 4.78 is 10.5. The highest BCUT2D eigenvalue weighted by Crippen LogP contribution is 2.27. The highest BCUT2D eigenvalue weighted by atomic mass is 16.5. The van der Waals surface area contributed by atoms with Crippen molar-refractivity contribution < 1.29 is 14.3 Å². The van der Waals surface area contributed by atoms with Crippen LogP contribution in [0.15, 0.2) is 54.9 Å². The van der Waals surface area contributed by atoms with Gasteiger partial charge in [-0.3, -0.25) is 4.79 Å². The summed E-state index contributed by atoms with van der Waals surface area (Å²) in [5.41, 5.74) is 2.41. The van der Waals surface area contributed by atoms with E-state index < -0.39 is 0 Å². The molecule has 1 aromatic heterocycles. The van der Waals surface area contributed by atoms with Crippen LogP contribution in [0.1, 0.15) is 21.6 Å². The van der Waals surface area contributed by atoms with E-state index in [0.29, 0.717) is 29.4 Å². The number of hydrogen-bond acceptors (Lipinski definition) is 7. The molecule has 0 saturated carbocycles. The molecule has 0 fully saturated rings. The molecule has 3 aromatic rings. The summed E-state index contributed by atoms with van der Waals surface area (Å²) in [7, 11) is 3.13. The first-order chi connectivity index (χ1) is 14.1. The molecule has 1 amide bonds. The van der Waals surface area contributed by atoms with Gasteiger partial charge in [0.25, 0.3) is 5.91 Å². The molecular formula is C21H19N5O3. The summed E-state index contributed by atoms with van der Waals surface area (Å²) in [6, 6.07) is 16.0. The average Bonchev–Trinajstić information content (AvgIpc) is 2.78. The second kappa shape index (κ2) is 9.19. The Balaban J connectivity index is 1.65. The molecule has 2 aromatic carbocycles. The maximum Gasteiger partial charge on any atom is 0.270 e. The maximum absolute atomic E-state index is 12.5. The molecule has 0 saturated heterocycles. The first-order valence-corrected chi connectivity index (χ1v) is 8.71. The Bertz CT molecular complexity index is 1040. The van der Waals surface area contributed by atoms with Gasteiger partial charge >= 0.3 is 0 Å². The van der Waals surface area contributed by atoms with Gasteiger partial charge in [-0.2, -0.15) is 5.26 Å². The van der Waals surface area contributed by atoms with Crippen molar-refractivity contribution >= 4 is 17.4 Å². The summed E-state index contributed by atoms with van der Waals surface area (Å²) in [5.74, 6) is 1.36. The van der Waals surface area contributed by atoms with Crippen molar-refractivity contribution in [3.05, 3.63) is 71.7 Å². The summed E-state index contributed by atoms with van der Waals surface area (Å²) in [6.45, 7) is 0.307. The standard InChI is InChI=1S/C21H19N5O3/c1-28-18-8-5-15(9-19(18)29-2)12-23-21(27)17-10-20(25-13-24-17)26-16-6-3-14(11-22)4-7-16/h3-10,13H,12H2,1-2H3,(H,23,27)(H,24,25,26). The molecule has 8 heteroatoms. The zero-order valence-electron chi connectivity index (χ0n) is 16.0. The van der Waals surface area contributed by atoms with Crippen molar-refractivity contribution in [2.45, 2.75) is 6.54 Å². The van der Waals surface area contributed by atoms with E-state index in [1.165, 1.54) is 6.33 Å². The normalized spacial score (nSPS) is 9.97. The molecule has 0 bridgehead atoms. The van der Waals surface area contributed by atoms with Crippen molar-refractivity contribution in [3.8, 4) is 17.6 Å². The van der Waals surface area contributed by atoms with E-state index >= 15 is 0 Å². The van der Waals surface area contributed by atoms with Crippen LogP contribution in [-0.4, -0.2) is 30.1 Å². The second-order valence-electron chi connectivity index (χ2n) is 5.97. The Morgan fingerprint density at radius 3 is 2.48 bits per heavy atom. The average molecular weight is 389 g/mol. The number of nitrogens with zero attached hydrogens (tertiary/aromatic N) is 3. The summed E-state index contributed by atoms with van der Waals surface area (Å²) >= 11 is 0. The zero-order chi connectivity index (χ0) is 20.6. The van der Waals surface area contributed by atoms with Gasteiger partial charge in [-0.05, 0) is 42.0 Å². The third-order valence-electron chi connectivity index (χ3n) is 4.09. The molecule has 1 heterocycles. The molecule has 146 valence electrons. The molecule has 29 heavy (non-hydrogen) atoms. The van der Waals surface area contributed by atoms with Crippen LogP contribution in [0.3, 0.4) is 0 Å². The van der Waals surface area contributed by atoms with Crippen LogP contribution < -0.4 is 20.1 Å². The molecule has 0 aliphatic carbocycles. The lowest BCUT2D eigenvalue weighted by atomic mass is 10.2. The lowest BCUT2D eigenvalue weighted by Crippen LogP contribution is -2.24. The van der Waals surface area contributed by atoms with Crippen LogP contribution in [0.2, 0.25) is 0 Å². The first kappa shape index (κ1) is 19.6. The minimum absolute atomic E-state index is 0.233. The molecule has 0 unspecified atom stereocenters. The Kier molecular flexibility index (Phi) is 6.22. The minimum atomic E-state index is -0.329. The van der Waals surface area contributed by atoms with Gasteiger partial charge in [-0.25, -0.2) is 9.97 Å². The van der Waals surface area contributed by atoms with Gasteiger partial charge in [0, 0.05) is 18.3 Å². The van der Waals surface area contributed by atoms with Gasteiger partial charge in [0.05, 0.1) is 25.9 Å². The molecule has 0 atom stereocenters. The smallest absolute Gasteiger partial charge is 0.270 e. The van der Waals surface area contributed by atoms with Crippen LogP contribution in [0.5, 0.6) is 11.5 Å². The Hall–Kier alpha value is -4.12. The number of hydrogen-bond donors (Lipinski definition) is 2. The number of rotatable bonds is 7. The highest BCUT2D eigenvalue weighted by molar-refractivity contribution is 5.92. The number of anilines is 2. The number of benzene rings is 2. The van der Waals surface area contributed by atoms with E-state index in [9.17, 15) is 4.79 Å². The van der Waals surface area contributed by atoms with Gasteiger partial charge in [0.2, 0.25) is 0 Å². The van der Waals surface area contributed by atoms with Gasteiger partial charge in [-0.1, -0.05) is 6.07 Å². The first-order valence-electron chi connectivity index (χ1n) is 8.71. The largest absolute Gasteiger partial charge is 0.493 e. The van der Waals surface area contributed by atoms with Crippen LogP contribution in [0.25, 0.3) is 0 Å². The molecule has 0 aliphatic heterocycles. The van der Waals surface area contributed by atoms with E-state index in [1.807, 2.05) is 6.07 Å².